The predicted octanol–water partition coefficient (Wildman–Crippen LogP) is 1.76. The van der Waals surface area contributed by atoms with Gasteiger partial charge in [-0.05, 0) is 30.5 Å². The lowest BCUT2D eigenvalue weighted by molar-refractivity contribution is -0.386. The van der Waals surface area contributed by atoms with E-state index in [1.807, 2.05) is 6.92 Å². The number of phenols is 1. The highest BCUT2D eigenvalue weighted by Gasteiger charge is 2.22. The number of ether oxygens (including phenoxy) is 1. The van der Waals surface area contributed by atoms with E-state index in [2.05, 4.69) is 0 Å². The Morgan fingerprint density at radius 2 is 2.24 bits per heavy atom. The lowest BCUT2D eigenvalue weighted by Crippen LogP contribution is -2.12. The third-order valence-corrected chi connectivity index (χ3v) is 2.74. The van der Waals surface area contributed by atoms with Crippen molar-refractivity contribution in [3.05, 3.63) is 27.8 Å². The lowest BCUT2D eigenvalue weighted by Gasteiger charge is -2.14. The topological polar surface area (TPSA) is 98.6 Å². The molecule has 6 heteroatoms. The van der Waals surface area contributed by atoms with Crippen molar-refractivity contribution in [3.63, 3.8) is 0 Å². The van der Waals surface area contributed by atoms with Crippen molar-refractivity contribution in [1.29, 1.82) is 0 Å². The highest BCUT2D eigenvalue weighted by molar-refractivity contribution is 5.57. The number of nitrogens with zero attached hydrogens (tertiary/aromatic N) is 1. The van der Waals surface area contributed by atoms with E-state index in [1.54, 1.807) is 6.07 Å². The van der Waals surface area contributed by atoms with Gasteiger partial charge in [0, 0.05) is 6.07 Å². The second-order valence-corrected chi connectivity index (χ2v) is 3.69. The number of methoxy groups -OCH3 is 1. The summed E-state index contributed by atoms with van der Waals surface area (Å²) in [4.78, 5) is 10.2. The van der Waals surface area contributed by atoms with E-state index in [1.165, 1.54) is 13.2 Å². The van der Waals surface area contributed by atoms with Crippen molar-refractivity contribution < 1.29 is 14.8 Å². The summed E-state index contributed by atoms with van der Waals surface area (Å²) in [6.07, 6.45) is 0.765. The van der Waals surface area contributed by atoms with E-state index in [4.69, 9.17) is 10.5 Å². The Morgan fingerprint density at radius 3 is 2.65 bits per heavy atom. The van der Waals surface area contributed by atoms with Gasteiger partial charge in [0.05, 0.1) is 12.0 Å². The van der Waals surface area contributed by atoms with Gasteiger partial charge < -0.3 is 15.6 Å². The Kier molecular flexibility index (Phi) is 4.28. The Labute approximate surface area is 99.2 Å². The molecule has 17 heavy (non-hydrogen) atoms. The lowest BCUT2D eigenvalue weighted by atomic mass is 9.95. The molecule has 1 rings (SSSR count). The van der Waals surface area contributed by atoms with Gasteiger partial charge in [0.25, 0.3) is 0 Å². The molecular formula is C11H16N2O4. The average Bonchev–Trinajstić information content (AvgIpc) is 2.31. The first-order chi connectivity index (χ1) is 8.04. The average molecular weight is 240 g/mol. The van der Waals surface area contributed by atoms with Crippen molar-refractivity contribution >= 4 is 5.69 Å². The van der Waals surface area contributed by atoms with Crippen LogP contribution in [0.3, 0.4) is 0 Å². The van der Waals surface area contributed by atoms with Crippen LogP contribution in [0, 0.1) is 10.1 Å². The van der Waals surface area contributed by atoms with Gasteiger partial charge in [-0.25, -0.2) is 0 Å². The molecule has 3 N–H and O–H groups in total. The summed E-state index contributed by atoms with van der Waals surface area (Å²) in [5.41, 5.74) is 5.95. The van der Waals surface area contributed by atoms with E-state index in [-0.39, 0.29) is 17.4 Å². The number of hydrogen-bond donors (Lipinski definition) is 2. The fourth-order valence-electron chi connectivity index (χ4n) is 1.68. The molecule has 94 valence electrons. The predicted molar refractivity (Wildman–Crippen MR) is 63.4 cm³/mol. The molecule has 1 atom stereocenters. The van der Waals surface area contributed by atoms with Crippen LogP contribution < -0.4 is 10.5 Å². The Morgan fingerprint density at radius 1 is 1.59 bits per heavy atom. The van der Waals surface area contributed by atoms with Crippen LogP contribution in [0.2, 0.25) is 0 Å². The second kappa shape index (κ2) is 5.49. The van der Waals surface area contributed by atoms with E-state index < -0.39 is 10.7 Å². The molecule has 0 bridgehead atoms. The molecule has 0 saturated heterocycles. The summed E-state index contributed by atoms with van der Waals surface area (Å²) in [5, 5.41) is 20.4. The van der Waals surface area contributed by atoms with E-state index in [0.717, 1.165) is 6.42 Å². The minimum atomic E-state index is -0.634. The minimum Gasteiger partial charge on any atom is -0.500 e. The molecule has 1 unspecified atom stereocenters. The molecule has 0 aliphatic rings. The van der Waals surface area contributed by atoms with Gasteiger partial charge in [-0.15, -0.1) is 0 Å². The Balaban J connectivity index is 3.33. The highest BCUT2D eigenvalue weighted by atomic mass is 16.6. The van der Waals surface area contributed by atoms with E-state index in [9.17, 15) is 15.2 Å². The zero-order valence-electron chi connectivity index (χ0n) is 9.84. The zero-order valence-corrected chi connectivity index (χ0v) is 9.84. The fraction of sp³-hybridized carbons (Fsp3) is 0.455. The molecule has 0 aliphatic carbocycles. The molecule has 0 amide bonds. The van der Waals surface area contributed by atoms with Crippen LogP contribution in [-0.4, -0.2) is 23.7 Å². The van der Waals surface area contributed by atoms with Crippen molar-refractivity contribution in [3.8, 4) is 11.5 Å². The minimum absolute atomic E-state index is 0.0169. The van der Waals surface area contributed by atoms with Crippen molar-refractivity contribution in [2.24, 2.45) is 5.73 Å². The van der Waals surface area contributed by atoms with Crippen LogP contribution >= 0.6 is 0 Å². The van der Waals surface area contributed by atoms with Gasteiger partial charge >= 0.3 is 5.69 Å². The zero-order chi connectivity index (χ0) is 13.0. The molecular weight excluding hydrogens is 224 g/mol. The van der Waals surface area contributed by atoms with Crippen LogP contribution in [0.1, 0.15) is 24.8 Å². The summed E-state index contributed by atoms with van der Waals surface area (Å²) in [5.74, 6) is -0.336. The summed E-state index contributed by atoms with van der Waals surface area (Å²) >= 11 is 0. The monoisotopic (exact) mass is 240 g/mol. The van der Waals surface area contributed by atoms with Gasteiger partial charge in [0.1, 0.15) is 0 Å². The molecule has 6 nitrogen and oxygen atoms in total. The third-order valence-electron chi connectivity index (χ3n) is 2.74. The second-order valence-electron chi connectivity index (χ2n) is 3.69. The molecule has 0 heterocycles. The Hall–Kier alpha value is -1.82. The number of aromatic hydroxyl groups is 1. The first kappa shape index (κ1) is 13.2. The maximum atomic E-state index is 10.8. The quantitative estimate of drug-likeness (QED) is 0.603. The largest absolute Gasteiger partial charge is 0.500 e. The standard InChI is InChI=1S/C11H16N2O4/c1-3-7(6-12)8-4-9(13(15)16)11(14)10(5-8)17-2/h4-5,7,14H,3,6,12H2,1-2H3. The number of nitro groups is 1. The SMILES string of the molecule is CCC(CN)c1cc(OC)c(O)c([N+](=O)[O-])c1. The molecule has 0 aliphatic heterocycles. The van der Waals surface area contributed by atoms with Crippen molar-refractivity contribution in [1.82, 2.24) is 0 Å². The maximum absolute atomic E-state index is 10.8. The van der Waals surface area contributed by atoms with Gasteiger partial charge in [-0.3, -0.25) is 10.1 Å². The number of rotatable bonds is 5. The summed E-state index contributed by atoms with van der Waals surface area (Å²) in [7, 11) is 1.35. The molecule has 0 saturated carbocycles. The first-order valence-electron chi connectivity index (χ1n) is 5.30. The smallest absolute Gasteiger partial charge is 0.314 e. The number of nitrogens with two attached hydrogens (primary N) is 1. The van der Waals surface area contributed by atoms with E-state index >= 15 is 0 Å². The number of hydrogen-bond acceptors (Lipinski definition) is 5. The van der Waals surface area contributed by atoms with Crippen LogP contribution in [0.15, 0.2) is 12.1 Å². The Bertz CT molecular complexity index is 416. The molecule has 0 spiro atoms. The van der Waals surface area contributed by atoms with Crippen LogP contribution in [-0.2, 0) is 0 Å². The maximum Gasteiger partial charge on any atom is 0.314 e. The van der Waals surface area contributed by atoms with Crippen molar-refractivity contribution in [2.75, 3.05) is 13.7 Å². The van der Waals surface area contributed by atoms with Crippen LogP contribution in [0.5, 0.6) is 11.5 Å². The fourth-order valence-corrected chi connectivity index (χ4v) is 1.68. The molecule has 0 fully saturated rings. The normalized spacial score (nSPS) is 12.2. The van der Waals surface area contributed by atoms with Gasteiger partial charge in [0.2, 0.25) is 5.75 Å². The molecule has 0 aromatic heterocycles. The summed E-state index contributed by atoms with van der Waals surface area (Å²) < 4.78 is 4.92. The number of phenolic OH excluding ortho intramolecular Hbond substituents is 1. The summed E-state index contributed by atoms with van der Waals surface area (Å²) in [6.45, 7) is 2.34. The van der Waals surface area contributed by atoms with Gasteiger partial charge in [0.15, 0.2) is 5.75 Å². The van der Waals surface area contributed by atoms with Crippen LogP contribution in [0.25, 0.3) is 0 Å². The number of nitro benzene ring substituents is 1. The summed E-state index contributed by atoms with van der Waals surface area (Å²) in [6, 6.07) is 2.93. The molecule has 1 aromatic rings. The third kappa shape index (κ3) is 2.65. The molecule has 1 aromatic carbocycles. The van der Waals surface area contributed by atoms with Gasteiger partial charge in [-0.2, -0.15) is 0 Å². The highest BCUT2D eigenvalue weighted by Crippen LogP contribution is 2.39. The first-order valence-corrected chi connectivity index (χ1v) is 5.30. The van der Waals surface area contributed by atoms with Crippen LogP contribution in [0.4, 0.5) is 5.69 Å². The van der Waals surface area contributed by atoms with Crippen molar-refractivity contribution in [2.45, 2.75) is 19.3 Å². The van der Waals surface area contributed by atoms with E-state index in [0.29, 0.717) is 12.1 Å². The number of benzene rings is 1. The molecule has 0 radical (unpaired) electrons. The van der Waals surface area contributed by atoms with Gasteiger partial charge in [-0.1, -0.05) is 6.92 Å².